The SMILES string of the molecule is CC1CCCC(NC(=O)OCC2c3ccccc3-c3ccccc32)(C(=O)NCCSCC(=O)O)C1. The van der Waals surface area contributed by atoms with Gasteiger partial charge in [-0.1, -0.05) is 68.3 Å². The quantitative estimate of drug-likeness (QED) is 0.444. The van der Waals surface area contributed by atoms with Crippen molar-refractivity contribution < 1.29 is 24.2 Å². The van der Waals surface area contributed by atoms with Crippen molar-refractivity contribution in [3.8, 4) is 11.1 Å². The Hall–Kier alpha value is -3.00. The van der Waals surface area contributed by atoms with Gasteiger partial charge in [0.15, 0.2) is 0 Å². The molecule has 2 aromatic carbocycles. The Bertz CT molecular complexity index is 1050. The van der Waals surface area contributed by atoms with Crippen LogP contribution in [0.15, 0.2) is 48.5 Å². The van der Waals surface area contributed by atoms with Gasteiger partial charge >= 0.3 is 12.1 Å². The van der Waals surface area contributed by atoms with Crippen molar-refractivity contribution >= 4 is 29.7 Å². The number of aliphatic carboxylic acids is 1. The Labute approximate surface area is 210 Å². The van der Waals surface area contributed by atoms with Gasteiger partial charge in [-0.3, -0.25) is 9.59 Å². The highest BCUT2D eigenvalue weighted by Crippen LogP contribution is 2.44. The molecule has 1 saturated carbocycles. The second-order valence-electron chi connectivity index (χ2n) is 9.44. The number of rotatable bonds is 9. The summed E-state index contributed by atoms with van der Waals surface area (Å²) in [6.07, 6.45) is 2.36. The van der Waals surface area contributed by atoms with Crippen LogP contribution in [-0.2, 0) is 14.3 Å². The molecule has 35 heavy (non-hydrogen) atoms. The molecule has 2 amide bonds. The third-order valence-electron chi connectivity index (χ3n) is 6.87. The lowest BCUT2D eigenvalue weighted by atomic mass is 9.76. The summed E-state index contributed by atoms with van der Waals surface area (Å²) >= 11 is 1.25. The zero-order chi connectivity index (χ0) is 24.8. The van der Waals surface area contributed by atoms with E-state index in [9.17, 15) is 14.4 Å². The van der Waals surface area contributed by atoms with Crippen LogP contribution < -0.4 is 10.6 Å². The summed E-state index contributed by atoms with van der Waals surface area (Å²) in [7, 11) is 0. The maximum Gasteiger partial charge on any atom is 0.408 e. The summed E-state index contributed by atoms with van der Waals surface area (Å²) in [6.45, 7) is 2.63. The summed E-state index contributed by atoms with van der Waals surface area (Å²) in [6, 6.07) is 16.3. The van der Waals surface area contributed by atoms with Gasteiger partial charge in [0.2, 0.25) is 5.91 Å². The standard InChI is InChI=1S/C27H32N2O5S/c1-18-7-6-12-27(15-18,25(32)28-13-14-35-17-24(30)31)29-26(33)34-16-23-21-10-4-2-8-19(21)20-9-3-5-11-22(20)23/h2-5,8-11,18,23H,6-7,12-17H2,1H3,(H,28,32)(H,29,33)(H,30,31). The zero-order valence-corrected chi connectivity index (χ0v) is 20.7. The molecule has 2 aliphatic carbocycles. The van der Waals surface area contributed by atoms with Gasteiger partial charge in [0.05, 0.1) is 5.75 Å². The van der Waals surface area contributed by atoms with Crippen molar-refractivity contribution in [2.24, 2.45) is 5.92 Å². The van der Waals surface area contributed by atoms with Gasteiger partial charge in [-0.25, -0.2) is 4.79 Å². The summed E-state index contributed by atoms with van der Waals surface area (Å²) in [5.41, 5.74) is 3.58. The number of ether oxygens (including phenoxy) is 1. The Balaban J connectivity index is 1.40. The summed E-state index contributed by atoms with van der Waals surface area (Å²) < 4.78 is 5.72. The molecule has 186 valence electrons. The fraction of sp³-hybridized carbons (Fsp3) is 0.444. The number of benzene rings is 2. The van der Waals surface area contributed by atoms with Crippen molar-refractivity contribution in [3.05, 3.63) is 59.7 Å². The highest BCUT2D eigenvalue weighted by molar-refractivity contribution is 7.99. The molecule has 0 radical (unpaired) electrons. The third kappa shape index (κ3) is 5.81. The van der Waals surface area contributed by atoms with Crippen molar-refractivity contribution in [2.75, 3.05) is 24.7 Å². The smallest absolute Gasteiger partial charge is 0.408 e. The van der Waals surface area contributed by atoms with Crippen LogP contribution in [0.3, 0.4) is 0 Å². The lowest BCUT2D eigenvalue weighted by Crippen LogP contribution is -2.61. The minimum atomic E-state index is -1.02. The van der Waals surface area contributed by atoms with E-state index in [4.69, 9.17) is 9.84 Å². The predicted octanol–water partition coefficient (Wildman–Crippen LogP) is 4.41. The first-order valence-electron chi connectivity index (χ1n) is 12.1. The lowest BCUT2D eigenvalue weighted by molar-refractivity contribution is -0.134. The number of carboxylic acids is 1. The number of hydrogen-bond acceptors (Lipinski definition) is 5. The topological polar surface area (TPSA) is 105 Å². The number of alkyl carbamates (subject to hydrolysis) is 1. The number of nitrogens with one attached hydrogen (secondary N) is 2. The molecule has 0 heterocycles. The molecule has 0 aliphatic heterocycles. The second-order valence-corrected chi connectivity index (χ2v) is 10.5. The Morgan fingerprint density at radius 3 is 2.37 bits per heavy atom. The molecule has 0 saturated heterocycles. The maximum atomic E-state index is 13.2. The van der Waals surface area contributed by atoms with Crippen LogP contribution in [0.1, 0.15) is 49.7 Å². The minimum Gasteiger partial charge on any atom is -0.481 e. The fourth-order valence-electron chi connectivity index (χ4n) is 5.32. The molecule has 3 N–H and O–H groups in total. The summed E-state index contributed by atoms with van der Waals surface area (Å²) in [5, 5.41) is 14.6. The van der Waals surface area contributed by atoms with E-state index in [1.54, 1.807) is 0 Å². The predicted molar refractivity (Wildman–Crippen MR) is 137 cm³/mol. The number of carbonyl (C=O) groups excluding carboxylic acids is 2. The molecule has 1 fully saturated rings. The van der Waals surface area contributed by atoms with Crippen LogP contribution in [0.4, 0.5) is 4.79 Å². The maximum absolute atomic E-state index is 13.2. The molecular formula is C27H32N2O5S. The van der Waals surface area contributed by atoms with E-state index in [1.165, 1.54) is 11.8 Å². The van der Waals surface area contributed by atoms with Crippen LogP contribution >= 0.6 is 11.8 Å². The van der Waals surface area contributed by atoms with Crippen molar-refractivity contribution in [1.82, 2.24) is 10.6 Å². The van der Waals surface area contributed by atoms with Gasteiger partial charge in [0.1, 0.15) is 12.1 Å². The molecule has 0 aromatic heterocycles. The number of carbonyl (C=O) groups is 3. The molecular weight excluding hydrogens is 464 g/mol. The van der Waals surface area contributed by atoms with E-state index in [1.807, 2.05) is 24.3 Å². The van der Waals surface area contributed by atoms with Crippen LogP contribution in [0.5, 0.6) is 0 Å². The molecule has 7 nitrogen and oxygen atoms in total. The molecule has 0 bridgehead atoms. The van der Waals surface area contributed by atoms with Crippen molar-refractivity contribution in [2.45, 2.75) is 44.1 Å². The summed E-state index contributed by atoms with van der Waals surface area (Å²) in [4.78, 5) is 36.8. The van der Waals surface area contributed by atoms with E-state index in [2.05, 4.69) is 41.8 Å². The van der Waals surface area contributed by atoms with Gasteiger partial charge < -0.3 is 20.5 Å². The number of hydrogen-bond donors (Lipinski definition) is 3. The van der Waals surface area contributed by atoms with Crippen molar-refractivity contribution in [3.63, 3.8) is 0 Å². The van der Waals surface area contributed by atoms with Crippen LogP contribution in [0, 0.1) is 5.92 Å². The first-order valence-corrected chi connectivity index (χ1v) is 13.3. The minimum absolute atomic E-state index is 0.00392. The lowest BCUT2D eigenvalue weighted by Gasteiger charge is -2.39. The monoisotopic (exact) mass is 496 g/mol. The number of carboxylic acid groups (broad SMARTS) is 1. The normalized spacial score (nSPS) is 21.0. The average molecular weight is 497 g/mol. The van der Waals surface area contributed by atoms with Gasteiger partial charge in [-0.05, 0) is 41.0 Å². The Kier molecular flexibility index (Phi) is 8.00. The van der Waals surface area contributed by atoms with Gasteiger partial charge in [-0.2, -0.15) is 0 Å². The highest BCUT2D eigenvalue weighted by atomic mass is 32.2. The molecule has 4 rings (SSSR count). The van der Waals surface area contributed by atoms with Crippen LogP contribution in [0.2, 0.25) is 0 Å². The molecule has 0 spiro atoms. The van der Waals surface area contributed by atoms with Gasteiger partial charge in [0.25, 0.3) is 0 Å². The average Bonchev–Trinajstić information content (AvgIpc) is 3.16. The molecule has 2 aromatic rings. The first kappa shape index (κ1) is 25.1. The second kappa shape index (κ2) is 11.2. The number of fused-ring (bicyclic) bond motifs is 3. The van der Waals surface area contributed by atoms with Gasteiger partial charge in [-0.15, -0.1) is 11.8 Å². The van der Waals surface area contributed by atoms with E-state index >= 15 is 0 Å². The third-order valence-corrected chi connectivity index (χ3v) is 7.82. The highest BCUT2D eigenvalue weighted by Gasteiger charge is 2.43. The summed E-state index contributed by atoms with van der Waals surface area (Å²) in [5.74, 6) is -0.367. The molecule has 8 heteroatoms. The number of thioether (sulfide) groups is 1. The first-order chi connectivity index (χ1) is 16.9. The zero-order valence-electron chi connectivity index (χ0n) is 19.9. The molecule has 2 unspecified atom stereocenters. The largest absolute Gasteiger partial charge is 0.481 e. The van der Waals surface area contributed by atoms with Crippen LogP contribution in [-0.4, -0.2) is 53.3 Å². The fourth-order valence-corrected chi connectivity index (χ4v) is 5.89. The van der Waals surface area contributed by atoms with E-state index in [0.717, 1.165) is 35.1 Å². The van der Waals surface area contributed by atoms with Crippen LogP contribution in [0.25, 0.3) is 11.1 Å². The van der Waals surface area contributed by atoms with E-state index in [-0.39, 0.29) is 24.2 Å². The number of amides is 2. The molecule has 2 atom stereocenters. The van der Waals surface area contributed by atoms with E-state index < -0.39 is 17.6 Å². The Morgan fingerprint density at radius 2 is 1.74 bits per heavy atom. The van der Waals surface area contributed by atoms with Gasteiger partial charge in [0, 0.05) is 18.2 Å². The Morgan fingerprint density at radius 1 is 1.09 bits per heavy atom. The van der Waals surface area contributed by atoms with Crippen molar-refractivity contribution in [1.29, 1.82) is 0 Å². The molecule has 2 aliphatic rings. The van der Waals surface area contributed by atoms with E-state index in [0.29, 0.717) is 31.1 Å².